The zero-order valence-electron chi connectivity index (χ0n) is 15.2. The standard InChI is InChI=1S/C21H19Cl2NO3S/c1-2-24(28(25,26)21-14-17(22)8-13-20(21)23)18-9-11-19(12-10-18)27-15-16-6-4-3-5-7-16/h3-14H,2,15H2,1H3. The number of sulfonamides is 1. The molecule has 0 aliphatic heterocycles. The molecule has 0 amide bonds. The number of benzene rings is 3. The molecule has 3 aromatic rings. The second kappa shape index (κ2) is 8.86. The van der Waals surface area contributed by atoms with Crippen LogP contribution < -0.4 is 9.04 Å². The van der Waals surface area contributed by atoms with Gasteiger partial charge in [-0.2, -0.15) is 0 Å². The zero-order chi connectivity index (χ0) is 20.1. The molecule has 0 bridgehead atoms. The fraction of sp³-hybridized carbons (Fsp3) is 0.143. The van der Waals surface area contributed by atoms with E-state index >= 15 is 0 Å². The van der Waals surface area contributed by atoms with Crippen LogP contribution in [0.4, 0.5) is 5.69 Å². The second-order valence-corrected chi connectivity index (χ2v) is 8.69. The Kier molecular flexibility index (Phi) is 6.50. The molecule has 0 saturated heterocycles. The monoisotopic (exact) mass is 435 g/mol. The molecule has 3 aromatic carbocycles. The highest BCUT2D eigenvalue weighted by atomic mass is 35.5. The highest BCUT2D eigenvalue weighted by Gasteiger charge is 2.26. The first-order chi connectivity index (χ1) is 13.4. The first-order valence-electron chi connectivity index (χ1n) is 8.66. The summed E-state index contributed by atoms with van der Waals surface area (Å²) in [5, 5.41) is 0.439. The molecule has 0 aliphatic carbocycles. The molecule has 0 fully saturated rings. The maximum atomic E-state index is 13.1. The van der Waals surface area contributed by atoms with Gasteiger partial charge in [0.1, 0.15) is 17.3 Å². The van der Waals surface area contributed by atoms with Crippen molar-refractivity contribution >= 4 is 38.9 Å². The SMILES string of the molecule is CCN(c1ccc(OCc2ccccc2)cc1)S(=O)(=O)c1cc(Cl)ccc1Cl. The molecule has 7 heteroatoms. The molecule has 3 rings (SSSR count). The summed E-state index contributed by atoms with van der Waals surface area (Å²) in [5.41, 5.74) is 1.57. The van der Waals surface area contributed by atoms with Gasteiger partial charge in [-0.15, -0.1) is 0 Å². The molecule has 0 atom stereocenters. The predicted octanol–water partition coefficient (Wildman–Crippen LogP) is 5.79. The molecule has 0 unspecified atom stereocenters. The van der Waals surface area contributed by atoms with Gasteiger partial charge in [0.25, 0.3) is 10.0 Å². The van der Waals surface area contributed by atoms with E-state index in [1.165, 1.54) is 16.4 Å². The Morgan fingerprint density at radius 3 is 2.25 bits per heavy atom. The minimum Gasteiger partial charge on any atom is -0.489 e. The van der Waals surface area contributed by atoms with Crippen molar-refractivity contribution in [3.8, 4) is 5.75 Å². The molecule has 0 N–H and O–H groups in total. The summed E-state index contributed by atoms with van der Waals surface area (Å²) in [6.45, 7) is 2.44. The van der Waals surface area contributed by atoms with Crippen LogP contribution in [0.3, 0.4) is 0 Å². The van der Waals surface area contributed by atoms with Crippen LogP contribution in [-0.2, 0) is 16.6 Å². The van der Waals surface area contributed by atoms with E-state index in [0.29, 0.717) is 23.1 Å². The molecule has 146 valence electrons. The van der Waals surface area contributed by atoms with E-state index in [-0.39, 0.29) is 16.5 Å². The van der Waals surface area contributed by atoms with Crippen molar-refractivity contribution in [1.29, 1.82) is 0 Å². The van der Waals surface area contributed by atoms with Crippen molar-refractivity contribution in [3.05, 3.63) is 88.4 Å². The molecule has 0 saturated carbocycles. The summed E-state index contributed by atoms with van der Waals surface area (Å²) in [5.74, 6) is 0.654. The summed E-state index contributed by atoms with van der Waals surface area (Å²) < 4.78 is 33.2. The number of halogens is 2. The van der Waals surface area contributed by atoms with E-state index in [9.17, 15) is 8.42 Å². The van der Waals surface area contributed by atoms with E-state index in [4.69, 9.17) is 27.9 Å². The average Bonchev–Trinajstić information content (AvgIpc) is 2.70. The number of anilines is 1. The number of ether oxygens (including phenoxy) is 1. The van der Waals surface area contributed by atoms with Gasteiger partial charge in [-0.3, -0.25) is 4.31 Å². The third kappa shape index (κ3) is 4.61. The Balaban J connectivity index is 1.81. The van der Waals surface area contributed by atoms with Gasteiger partial charge in [-0.1, -0.05) is 53.5 Å². The van der Waals surface area contributed by atoms with Crippen LogP contribution in [-0.4, -0.2) is 15.0 Å². The second-order valence-electron chi connectivity index (χ2n) is 6.01. The minimum absolute atomic E-state index is 0.0204. The lowest BCUT2D eigenvalue weighted by Crippen LogP contribution is -2.31. The van der Waals surface area contributed by atoms with E-state index in [2.05, 4.69) is 0 Å². The van der Waals surface area contributed by atoms with Crippen LogP contribution in [0.5, 0.6) is 5.75 Å². The van der Waals surface area contributed by atoms with Gasteiger partial charge in [0, 0.05) is 11.6 Å². The smallest absolute Gasteiger partial charge is 0.265 e. The molecule has 0 aromatic heterocycles. The summed E-state index contributed by atoms with van der Waals surface area (Å²) >= 11 is 12.1. The summed E-state index contributed by atoms with van der Waals surface area (Å²) in [4.78, 5) is -0.0204. The Hall–Kier alpha value is -2.21. The molecule has 28 heavy (non-hydrogen) atoms. The topological polar surface area (TPSA) is 46.6 Å². The van der Waals surface area contributed by atoms with E-state index in [0.717, 1.165) is 5.56 Å². The number of hydrogen-bond acceptors (Lipinski definition) is 3. The molecular weight excluding hydrogens is 417 g/mol. The maximum Gasteiger partial charge on any atom is 0.265 e. The quantitative estimate of drug-likeness (QED) is 0.471. The summed E-state index contributed by atoms with van der Waals surface area (Å²) in [6.07, 6.45) is 0. The lowest BCUT2D eigenvalue weighted by molar-refractivity contribution is 0.306. The summed E-state index contributed by atoms with van der Waals surface area (Å²) in [6, 6.07) is 21.1. The van der Waals surface area contributed by atoms with Crippen LogP contribution in [0, 0.1) is 0 Å². The van der Waals surface area contributed by atoms with E-state index in [1.807, 2.05) is 30.3 Å². The average molecular weight is 436 g/mol. The van der Waals surface area contributed by atoms with Crippen LogP contribution in [0.2, 0.25) is 10.0 Å². The molecule has 0 aliphatic rings. The van der Waals surface area contributed by atoms with Crippen molar-refractivity contribution in [2.45, 2.75) is 18.4 Å². The predicted molar refractivity (Wildman–Crippen MR) is 114 cm³/mol. The lowest BCUT2D eigenvalue weighted by Gasteiger charge is -2.23. The highest BCUT2D eigenvalue weighted by Crippen LogP contribution is 2.31. The number of rotatable bonds is 7. The Morgan fingerprint density at radius 2 is 1.61 bits per heavy atom. The van der Waals surface area contributed by atoms with E-state index in [1.54, 1.807) is 37.3 Å². The highest BCUT2D eigenvalue weighted by molar-refractivity contribution is 7.93. The molecule has 0 radical (unpaired) electrons. The van der Waals surface area contributed by atoms with Gasteiger partial charge in [0.15, 0.2) is 0 Å². The van der Waals surface area contributed by atoms with Crippen LogP contribution in [0.25, 0.3) is 0 Å². The van der Waals surface area contributed by atoms with Gasteiger partial charge in [-0.05, 0) is 55.0 Å². The van der Waals surface area contributed by atoms with Crippen molar-refractivity contribution in [2.75, 3.05) is 10.8 Å². The third-order valence-electron chi connectivity index (χ3n) is 4.12. The third-order valence-corrected chi connectivity index (χ3v) is 6.74. The largest absolute Gasteiger partial charge is 0.489 e. The zero-order valence-corrected chi connectivity index (χ0v) is 17.5. The lowest BCUT2D eigenvalue weighted by atomic mass is 10.2. The van der Waals surface area contributed by atoms with Gasteiger partial charge < -0.3 is 4.74 Å². The first-order valence-corrected chi connectivity index (χ1v) is 10.9. The van der Waals surface area contributed by atoms with Crippen molar-refractivity contribution < 1.29 is 13.2 Å². The molecule has 0 spiro atoms. The van der Waals surface area contributed by atoms with E-state index < -0.39 is 10.0 Å². The van der Waals surface area contributed by atoms with Crippen molar-refractivity contribution in [3.63, 3.8) is 0 Å². The Bertz CT molecular complexity index is 1040. The fourth-order valence-corrected chi connectivity index (χ4v) is 4.95. The van der Waals surface area contributed by atoms with Crippen molar-refractivity contribution in [1.82, 2.24) is 0 Å². The molecule has 4 nitrogen and oxygen atoms in total. The van der Waals surface area contributed by atoms with Crippen LogP contribution in [0.15, 0.2) is 77.7 Å². The summed E-state index contributed by atoms with van der Waals surface area (Å²) in [7, 11) is -3.85. The first kappa shape index (κ1) is 20.5. The number of hydrogen-bond donors (Lipinski definition) is 0. The Morgan fingerprint density at radius 1 is 0.929 bits per heavy atom. The molecule has 0 heterocycles. The minimum atomic E-state index is -3.85. The fourth-order valence-electron chi connectivity index (χ4n) is 2.73. The Labute approximate surface area is 175 Å². The maximum absolute atomic E-state index is 13.1. The van der Waals surface area contributed by atoms with Gasteiger partial charge >= 0.3 is 0 Å². The normalized spacial score (nSPS) is 11.2. The molecular formula is C21H19Cl2NO3S. The van der Waals surface area contributed by atoms with Crippen LogP contribution >= 0.6 is 23.2 Å². The van der Waals surface area contributed by atoms with Crippen LogP contribution in [0.1, 0.15) is 12.5 Å². The van der Waals surface area contributed by atoms with Gasteiger partial charge in [-0.25, -0.2) is 8.42 Å². The van der Waals surface area contributed by atoms with Gasteiger partial charge in [0.2, 0.25) is 0 Å². The van der Waals surface area contributed by atoms with Crippen molar-refractivity contribution in [2.24, 2.45) is 0 Å². The van der Waals surface area contributed by atoms with Gasteiger partial charge in [0.05, 0.1) is 10.7 Å². The number of nitrogens with zero attached hydrogens (tertiary/aromatic N) is 1.